The normalized spacial score (nSPS) is 18.2. The minimum Gasteiger partial charge on any atom is -0.461 e. The summed E-state index contributed by atoms with van der Waals surface area (Å²) in [6.45, 7) is 2.45. The summed E-state index contributed by atoms with van der Waals surface area (Å²) < 4.78 is 10.4. The fourth-order valence-corrected chi connectivity index (χ4v) is 3.84. The van der Waals surface area contributed by atoms with Crippen molar-refractivity contribution in [3.05, 3.63) is 24.3 Å². The molecule has 0 atom stereocenters. The topological polar surface area (TPSA) is 92.7 Å². The molecule has 0 radical (unpaired) electrons. The first-order chi connectivity index (χ1) is 13.2. The van der Waals surface area contributed by atoms with Crippen LogP contribution in [0, 0.1) is 5.92 Å². The van der Waals surface area contributed by atoms with Gasteiger partial charge in [-0.3, -0.25) is 9.59 Å². The van der Waals surface area contributed by atoms with Gasteiger partial charge in [-0.1, -0.05) is 18.0 Å². The van der Waals surface area contributed by atoms with Gasteiger partial charge >= 0.3 is 0 Å². The predicted octanol–water partition coefficient (Wildman–Crippen LogP) is 2.12. The highest BCUT2D eigenvalue weighted by Crippen LogP contribution is 2.27. The van der Waals surface area contributed by atoms with Crippen molar-refractivity contribution < 1.29 is 18.5 Å². The van der Waals surface area contributed by atoms with E-state index in [0.717, 1.165) is 25.7 Å². The molecular formula is C19H24N4O4. The molecule has 1 aliphatic heterocycles. The Kier molecular flexibility index (Phi) is 5.22. The van der Waals surface area contributed by atoms with E-state index in [1.54, 1.807) is 18.4 Å². The third kappa shape index (κ3) is 4.04. The monoisotopic (exact) mass is 372 g/mol. The third-order valence-corrected chi connectivity index (χ3v) is 5.41. The van der Waals surface area contributed by atoms with Crippen LogP contribution >= 0.6 is 0 Å². The summed E-state index contributed by atoms with van der Waals surface area (Å²) in [6, 6.07) is 3.51. The molecule has 1 saturated carbocycles. The first-order valence-corrected chi connectivity index (χ1v) is 9.64. The molecule has 4 rings (SSSR count). The molecule has 8 heteroatoms. The van der Waals surface area contributed by atoms with E-state index in [2.05, 4.69) is 10.1 Å². The zero-order valence-corrected chi connectivity index (χ0v) is 15.3. The molecule has 1 saturated heterocycles. The summed E-state index contributed by atoms with van der Waals surface area (Å²) in [5.41, 5.74) is 0. The van der Waals surface area contributed by atoms with E-state index in [4.69, 9.17) is 8.94 Å². The van der Waals surface area contributed by atoms with Gasteiger partial charge in [-0.15, -0.1) is 0 Å². The number of aryl methyl sites for hydroxylation is 1. The van der Waals surface area contributed by atoms with Crippen LogP contribution in [0.3, 0.4) is 0 Å². The Morgan fingerprint density at radius 2 is 1.85 bits per heavy atom. The first kappa shape index (κ1) is 17.8. The molecule has 144 valence electrons. The van der Waals surface area contributed by atoms with Gasteiger partial charge in [0.25, 0.3) is 0 Å². The van der Waals surface area contributed by atoms with Crippen molar-refractivity contribution in [2.45, 2.75) is 38.5 Å². The van der Waals surface area contributed by atoms with Gasteiger partial charge in [-0.05, 0) is 25.0 Å². The molecule has 2 amide bonds. The highest BCUT2D eigenvalue weighted by atomic mass is 16.5. The average molecular weight is 372 g/mol. The van der Waals surface area contributed by atoms with Crippen LogP contribution < -0.4 is 0 Å². The summed E-state index contributed by atoms with van der Waals surface area (Å²) in [5, 5.41) is 3.87. The SMILES string of the molecule is O=C(CCc1nc(-c2ccco2)no1)N1CCN(C(=O)C2CCCC2)CC1. The maximum absolute atomic E-state index is 12.5. The van der Waals surface area contributed by atoms with Gasteiger partial charge < -0.3 is 18.7 Å². The van der Waals surface area contributed by atoms with Crippen LogP contribution in [0.4, 0.5) is 0 Å². The highest BCUT2D eigenvalue weighted by molar-refractivity contribution is 5.80. The molecule has 0 unspecified atom stereocenters. The minimum absolute atomic E-state index is 0.0562. The van der Waals surface area contributed by atoms with Crippen molar-refractivity contribution in [3.63, 3.8) is 0 Å². The molecule has 8 nitrogen and oxygen atoms in total. The fraction of sp³-hybridized carbons (Fsp3) is 0.579. The Morgan fingerprint density at radius 3 is 2.56 bits per heavy atom. The van der Waals surface area contributed by atoms with Gasteiger partial charge in [-0.25, -0.2) is 0 Å². The van der Waals surface area contributed by atoms with E-state index in [0.29, 0.717) is 56.5 Å². The molecule has 0 bridgehead atoms. The number of furan rings is 1. The second-order valence-corrected chi connectivity index (χ2v) is 7.18. The minimum atomic E-state index is 0.0562. The molecule has 2 aromatic heterocycles. The number of nitrogens with zero attached hydrogens (tertiary/aromatic N) is 4. The van der Waals surface area contributed by atoms with E-state index in [9.17, 15) is 9.59 Å². The Bertz CT molecular complexity index is 771. The van der Waals surface area contributed by atoms with E-state index >= 15 is 0 Å². The number of hydrogen-bond donors (Lipinski definition) is 0. The van der Waals surface area contributed by atoms with Crippen molar-refractivity contribution in [2.75, 3.05) is 26.2 Å². The highest BCUT2D eigenvalue weighted by Gasteiger charge is 2.30. The molecule has 27 heavy (non-hydrogen) atoms. The Labute approximate surface area is 157 Å². The lowest BCUT2D eigenvalue weighted by Crippen LogP contribution is -2.51. The summed E-state index contributed by atoms with van der Waals surface area (Å²) >= 11 is 0. The zero-order valence-electron chi connectivity index (χ0n) is 15.3. The van der Waals surface area contributed by atoms with Crippen molar-refractivity contribution in [2.24, 2.45) is 5.92 Å². The van der Waals surface area contributed by atoms with Gasteiger partial charge in [0.1, 0.15) is 0 Å². The zero-order chi connectivity index (χ0) is 18.6. The number of carbonyl (C=O) groups is 2. The van der Waals surface area contributed by atoms with Crippen molar-refractivity contribution in [1.82, 2.24) is 19.9 Å². The second-order valence-electron chi connectivity index (χ2n) is 7.18. The van der Waals surface area contributed by atoms with Crippen LogP contribution in [0.5, 0.6) is 0 Å². The molecule has 3 heterocycles. The smallest absolute Gasteiger partial charge is 0.238 e. The summed E-state index contributed by atoms with van der Waals surface area (Å²) in [4.78, 5) is 32.9. The molecule has 2 aliphatic rings. The number of rotatable bonds is 5. The second kappa shape index (κ2) is 7.94. The lowest BCUT2D eigenvalue weighted by molar-refractivity contribution is -0.142. The van der Waals surface area contributed by atoms with Gasteiger partial charge in [0.15, 0.2) is 5.76 Å². The molecular weight excluding hydrogens is 348 g/mol. The Morgan fingerprint density at radius 1 is 1.11 bits per heavy atom. The number of hydrogen-bond acceptors (Lipinski definition) is 6. The summed E-state index contributed by atoms with van der Waals surface area (Å²) in [6.07, 6.45) is 6.61. The molecule has 0 aromatic carbocycles. The summed E-state index contributed by atoms with van der Waals surface area (Å²) in [5.74, 6) is 1.88. The van der Waals surface area contributed by atoms with Crippen LogP contribution in [-0.4, -0.2) is 57.9 Å². The van der Waals surface area contributed by atoms with Gasteiger partial charge in [-0.2, -0.15) is 4.98 Å². The van der Waals surface area contributed by atoms with Gasteiger partial charge in [0.05, 0.1) is 6.26 Å². The van der Waals surface area contributed by atoms with Crippen molar-refractivity contribution in [1.29, 1.82) is 0 Å². The lowest BCUT2D eigenvalue weighted by atomic mass is 10.1. The van der Waals surface area contributed by atoms with E-state index in [1.165, 1.54) is 0 Å². The average Bonchev–Trinajstić information content (AvgIpc) is 3.47. The van der Waals surface area contributed by atoms with Crippen molar-refractivity contribution in [3.8, 4) is 11.6 Å². The molecule has 1 aliphatic carbocycles. The van der Waals surface area contributed by atoms with Crippen LogP contribution in [0.25, 0.3) is 11.6 Å². The Hall–Kier alpha value is -2.64. The van der Waals surface area contributed by atoms with E-state index in [-0.39, 0.29) is 17.7 Å². The maximum Gasteiger partial charge on any atom is 0.238 e. The Balaban J connectivity index is 1.23. The number of amides is 2. The largest absolute Gasteiger partial charge is 0.461 e. The molecule has 2 fully saturated rings. The van der Waals surface area contributed by atoms with Gasteiger partial charge in [0, 0.05) is 44.9 Å². The first-order valence-electron chi connectivity index (χ1n) is 9.64. The van der Waals surface area contributed by atoms with Crippen LogP contribution in [0.1, 0.15) is 38.0 Å². The lowest BCUT2D eigenvalue weighted by Gasteiger charge is -2.36. The third-order valence-electron chi connectivity index (χ3n) is 5.41. The van der Waals surface area contributed by atoms with E-state index < -0.39 is 0 Å². The molecule has 0 N–H and O–H groups in total. The predicted molar refractivity (Wildman–Crippen MR) is 95.4 cm³/mol. The van der Waals surface area contributed by atoms with Crippen LogP contribution in [0.2, 0.25) is 0 Å². The number of piperazine rings is 1. The van der Waals surface area contributed by atoms with Crippen molar-refractivity contribution >= 4 is 11.8 Å². The number of aromatic nitrogens is 2. The molecule has 2 aromatic rings. The quantitative estimate of drug-likeness (QED) is 0.798. The number of carbonyl (C=O) groups excluding carboxylic acids is 2. The van der Waals surface area contributed by atoms with Gasteiger partial charge in [0.2, 0.25) is 23.5 Å². The maximum atomic E-state index is 12.5. The van der Waals surface area contributed by atoms with E-state index in [1.807, 2.05) is 9.80 Å². The summed E-state index contributed by atoms with van der Waals surface area (Å²) in [7, 11) is 0. The van der Waals surface area contributed by atoms with Crippen LogP contribution in [0.15, 0.2) is 27.3 Å². The van der Waals surface area contributed by atoms with Crippen LogP contribution in [-0.2, 0) is 16.0 Å². The molecule has 0 spiro atoms. The fourth-order valence-electron chi connectivity index (χ4n) is 3.84. The standard InChI is InChI=1S/C19H24N4O4/c24-17(8-7-16-20-18(21-27-16)15-6-3-13-26-15)22-9-11-23(12-10-22)19(25)14-4-1-2-5-14/h3,6,13-14H,1-2,4-5,7-12H2.